The molecule has 0 amide bonds. The number of hydrogen-bond acceptors (Lipinski definition) is 1. The van der Waals surface area contributed by atoms with Crippen LogP contribution in [0, 0.1) is 5.92 Å². The van der Waals surface area contributed by atoms with Crippen molar-refractivity contribution >= 4 is 0 Å². The van der Waals surface area contributed by atoms with Crippen LogP contribution in [0.4, 0.5) is 0 Å². The molecule has 0 aromatic heterocycles. The lowest BCUT2D eigenvalue weighted by molar-refractivity contribution is 0.128. The number of benzene rings is 1. The Bertz CT molecular complexity index is 469. The van der Waals surface area contributed by atoms with Crippen molar-refractivity contribution < 1.29 is 5.11 Å². The van der Waals surface area contributed by atoms with Crippen LogP contribution in [0.25, 0.3) is 0 Å². The summed E-state index contributed by atoms with van der Waals surface area (Å²) in [6.07, 6.45) is 5.55. The zero-order chi connectivity index (χ0) is 16.5. The summed E-state index contributed by atoms with van der Waals surface area (Å²) in [4.78, 5) is 0. The van der Waals surface area contributed by atoms with Crippen molar-refractivity contribution in [3.05, 3.63) is 34.9 Å². The average Bonchev–Trinajstić information content (AvgIpc) is 2.79. The first-order chi connectivity index (χ1) is 10.1. The first kappa shape index (κ1) is 17.5. The van der Waals surface area contributed by atoms with Gasteiger partial charge < -0.3 is 5.11 Å². The molecule has 1 nitrogen and oxygen atoms in total. The SMILES string of the molecule is CC(C)(C)c1cc(CC[C@@H]2CCC[C@@H]2O)cc(C(C)(C)C)c1. The van der Waals surface area contributed by atoms with Crippen LogP contribution in [0.3, 0.4) is 0 Å². The summed E-state index contributed by atoms with van der Waals surface area (Å²) >= 11 is 0. The molecule has 0 heterocycles. The lowest BCUT2D eigenvalue weighted by Gasteiger charge is -2.26. The Morgan fingerprint density at radius 2 is 1.45 bits per heavy atom. The molecule has 1 N–H and O–H groups in total. The van der Waals surface area contributed by atoms with Gasteiger partial charge in [0.1, 0.15) is 0 Å². The molecular formula is C21H34O. The van der Waals surface area contributed by atoms with Crippen molar-refractivity contribution in [3.8, 4) is 0 Å². The van der Waals surface area contributed by atoms with Gasteiger partial charge in [0, 0.05) is 0 Å². The van der Waals surface area contributed by atoms with E-state index in [1.807, 2.05) is 0 Å². The Balaban J connectivity index is 2.22. The van der Waals surface area contributed by atoms with Gasteiger partial charge in [-0.15, -0.1) is 0 Å². The standard InChI is InChI=1S/C21H34O/c1-20(2,3)17-12-15(13-18(14-17)21(4,5)6)10-11-16-8-7-9-19(16)22/h12-14,16,19,22H,7-11H2,1-6H3/t16-,19-/m0/s1. The van der Waals surface area contributed by atoms with Crippen LogP contribution < -0.4 is 0 Å². The molecule has 1 aromatic rings. The van der Waals surface area contributed by atoms with Crippen molar-refractivity contribution in [3.63, 3.8) is 0 Å². The van der Waals surface area contributed by atoms with Crippen molar-refractivity contribution in [2.24, 2.45) is 5.92 Å². The number of aliphatic hydroxyl groups excluding tert-OH is 1. The predicted molar refractivity (Wildman–Crippen MR) is 95.5 cm³/mol. The van der Waals surface area contributed by atoms with Gasteiger partial charge in [-0.25, -0.2) is 0 Å². The number of aliphatic hydroxyl groups is 1. The highest BCUT2D eigenvalue weighted by Gasteiger charge is 2.25. The molecule has 0 radical (unpaired) electrons. The summed E-state index contributed by atoms with van der Waals surface area (Å²) in [5, 5.41) is 10.0. The molecule has 1 saturated carbocycles. The first-order valence-corrected chi connectivity index (χ1v) is 8.90. The average molecular weight is 303 g/mol. The Morgan fingerprint density at radius 1 is 0.909 bits per heavy atom. The smallest absolute Gasteiger partial charge is 0.0568 e. The Kier molecular flexibility index (Phi) is 5.06. The van der Waals surface area contributed by atoms with E-state index in [2.05, 4.69) is 59.7 Å². The van der Waals surface area contributed by atoms with E-state index in [-0.39, 0.29) is 16.9 Å². The number of aryl methyl sites for hydroxylation is 1. The van der Waals surface area contributed by atoms with E-state index in [1.165, 1.54) is 29.5 Å². The van der Waals surface area contributed by atoms with Gasteiger partial charge in [0.2, 0.25) is 0 Å². The van der Waals surface area contributed by atoms with Crippen LogP contribution in [-0.2, 0) is 17.3 Å². The van der Waals surface area contributed by atoms with E-state index >= 15 is 0 Å². The zero-order valence-corrected chi connectivity index (χ0v) is 15.4. The van der Waals surface area contributed by atoms with Crippen LogP contribution >= 0.6 is 0 Å². The summed E-state index contributed by atoms with van der Waals surface area (Å²) in [6, 6.07) is 7.15. The zero-order valence-electron chi connectivity index (χ0n) is 15.4. The summed E-state index contributed by atoms with van der Waals surface area (Å²) in [5.74, 6) is 0.511. The molecule has 0 saturated heterocycles. The molecular weight excluding hydrogens is 268 g/mol. The fourth-order valence-electron chi connectivity index (χ4n) is 3.41. The summed E-state index contributed by atoms with van der Waals surface area (Å²) in [6.45, 7) is 13.7. The minimum Gasteiger partial charge on any atom is -0.393 e. The molecule has 0 unspecified atom stereocenters. The topological polar surface area (TPSA) is 20.2 Å². The van der Waals surface area contributed by atoms with Crippen molar-refractivity contribution in [1.82, 2.24) is 0 Å². The van der Waals surface area contributed by atoms with Gasteiger partial charge >= 0.3 is 0 Å². The molecule has 1 aromatic carbocycles. The highest BCUT2D eigenvalue weighted by Crippen LogP contribution is 2.33. The third kappa shape index (κ3) is 4.35. The lowest BCUT2D eigenvalue weighted by atomic mass is 9.79. The minimum atomic E-state index is -0.0621. The fourth-order valence-corrected chi connectivity index (χ4v) is 3.41. The first-order valence-electron chi connectivity index (χ1n) is 8.90. The Hall–Kier alpha value is -0.820. The van der Waals surface area contributed by atoms with Crippen LogP contribution in [0.1, 0.15) is 83.9 Å². The number of rotatable bonds is 3. The largest absolute Gasteiger partial charge is 0.393 e. The maximum absolute atomic E-state index is 10.0. The molecule has 0 aliphatic heterocycles. The third-order valence-corrected chi connectivity index (χ3v) is 5.15. The second-order valence-electron chi connectivity index (χ2n) is 9.22. The van der Waals surface area contributed by atoms with Gasteiger partial charge in [0.25, 0.3) is 0 Å². The van der Waals surface area contributed by atoms with Crippen LogP contribution in [0.2, 0.25) is 0 Å². The molecule has 1 fully saturated rings. The van der Waals surface area contributed by atoms with Crippen molar-refractivity contribution in [1.29, 1.82) is 0 Å². The summed E-state index contributed by atoms with van der Waals surface area (Å²) in [5.41, 5.74) is 4.67. The molecule has 22 heavy (non-hydrogen) atoms. The summed E-state index contributed by atoms with van der Waals surface area (Å²) in [7, 11) is 0. The van der Waals surface area contributed by atoms with Gasteiger partial charge in [-0.3, -0.25) is 0 Å². The second kappa shape index (κ2) is 6.35. The van der Waals surface area contributed by atoms with Gasteiger partial charge in [0.05, 0.1) is 6.10 Å². The highest BCUT2D eigenvalue weighted by atomic mass is 16.3. The fraction of sp³-hybridized carbons (Fsp3) is 0.714. The normalized spacial score (nSPS) is 23.0. The van der Waals surface area contributed by atoms with Crippen molar-refractivity contribution in [2.75, 3.05) is 0 Å². The Morgan fingerprint density at radius 3 is 1.86 bits per heavy atom. The highest BCUT2D eigenvalue weighted by molar-refractivity contribution is 5.37. The predicted octanol–water partition coefficient (Wildman–Crippen LogP) is 5.38. The number of hydrogen-bond donors (Lipinski definition) is 1. The maximum atomic E-state index is 10.0. The van der Waals surface area contributed by atoms with E-state index < -0.39 is 0 Å². The molecule has 1 heteroatoms. The van der Waals surface area contributed by atoms with Gasteiger partial charge in [-0.2, -0.15) is 0 Å². The molecule has 1 aliphatic rings. The van der Waals surface area contributed by atoms with E-state index in [1.54, 1.807) is 0 Å². The quantitative estimate of drug-likeness (QED) is 0.795. The molecule has 2 rings (SSSR count). The Labute approximate surface area is 137 Å². The molecule has 2 atom stereocenters. The van der Waals surface area contributed by atoms with E-state index in [4.69, 9.17) is 0 Å². The van der Waals surface area contributed by atoms with E-state index in [9.17, 15) is 5.11 Å². The third-order valence-electron chi connectivity index (χ3n) is 5.15. The molecule has 0 spiro atoms. The summed E-state index contributed by atoms with van der Waals surface area (Å²) < 4.78 is 0. The van der Waals surface area contributed by atoms with Crippen LogP contribution in [0.15, 0.2) is 18.2 Å². The maximum Gasteiger partial charge on any atom is 0.0568 e. The monoisotopic (exact) mass is 302 g/mol. The minimum absolute atomic E-state index is 0.0621. The molecule has 124 valence electrons. The second-order valence-corrected chi connectivity index (χ2v) is 9.22. The van der Waals surface area contributed by atoms with Crippen LogP contribution in [-0.4, -0.2) is 11.2 Å². The van der Waals surface area contributed by atoms with E-state index in [0.29, 0.717) is 5.92 Å². The molecule has 0 bridgehead atoms. The van der Waals surface area contributed by atoms with Crippen molar-refractivity contribution in [2.45, 2.75) is 90.6 Å². The van der Waals surface area contributed by atoms with Gasteiger partial charge in [-0.1, -0.05) is 66.2 Å². The van der Waals surface area contributed by atoms with Gasteiger partial charge in [-0.05, 0) is 59.1 Å². The van der Waals surface area contributed by atoms with Crippen LogP contribution in [0.5, 0.6) is 0 Å². The van der Waals surface area contributed by atoms with E-state index in [0.717, 1.165) is 19.3 Å². The molecule has 1 aliphatic carbocycles. The lowest BCUT2D eigenvalue weighted by Crippen LogP contribution is -2.18. The van der Waals surface area contributed by atoms with Gasteiger partial charge in [0.15, 0.2) is 0 Å².